The number of rotatable bonds is 1. The van der Waals surface area contributed by atoms with Crippen molar-refractivity contribution < 1.29 is 5.21 Å². The molecule has 0 spiro atoms. The highest BCUT2D eigenvalue weighted by molar-refractivity contribution is 6.32. The van der Waals surface area contributed by atoms with E-state index in [0.717, 1.165) is 16.5 Å². The van der Waals surface area contributed by atoms with Gasteiger partial charge in [0, 0.05) is 10.9 Å². The second kappa shape index (κ2) is 3.87. The summed E-state index contributed by atoms with van der Waals surface area (Å²) in [6, 6.07) is 7.72. The zero-order chi connectivity index (χ0) is 10.8. The summed E-state index contributed by atoms with van der Waals surface area (Å²) in [6.07, 6.45) is 1.27. The van der Waals surface area contributed by atoms with Gasteiger partial charge in [0.1, 0.15) is 5.15 Å². The van der Waals surface area contributed by atoms with Crippen LogP contribution in [-0.4, -0.2) is 16.4 Å². The number of para-hydroxylation sites is 1. The van der Waals surface area contributed by atoms with Gasteiger partial charge in [0.05, 0.1) is 11.7 Å². The zero-order valence-electron chi connectivity index (χ0n) is 8.11. The first-order valence-electron chi connectivity index (χ1n) is 4.45. The van der Waals surface area contributed by atoms with E-state index >= 15 is 0 Å². The number of hydrogen-bond donors (Lipinski definition) is 1. The van der Waals surface area contributed by atoms with Crippen molar-refractivity contribution in [1.29, 1.82) is 0 Å². The molecule has 0 aliphatic carbocycles. The molecule has 0 aliphatic rings. The number of aryl methyl sites for hydroxylation is 1. The van der Waals surface area contributed by atoms with Crippen molar-refractivity contribution in [2.45, 2.75) is 6.92 Å². The molecule has 1 heterocycles. The van der Waals surface area contributed by atoms with Crippen LogP contribution in [-0.2, 0) is 0 Å². The Labute approximate surface area is 92.0 Å². The van der Waals surface area contributed by atoms with E-state index in [9.17, 15) is 0 Å². The Morgan fingerprint density at radius 2 is 2.27 bits per heavy atom. The Morgan fingerprint density at radius 1 is 1.47 bits per heavy atom. The molecular weight excluding hydrogens is 212 g/mol. The third kappa shape index (κ3) is 1.78. The maximum atomic E-state index is 8.45. The van der Waals surface area contributed by atoms with Gasteiger partial charge in [-0.15, -0.1) is 0 Å². The lowest BCUT2D eigenvalue weighted by atomic mass is 10.1. The Hall–Kier alpha value is -1.61. The third-order valence-corrected chi connectivity index (χ3v) is 2.53. The van der Waals surface area contributed by atoms with Crippen LogP contribution in [0.15, 0.2) is 29.4 Å². The van der Waals surface area contributed by atoms with Crippen LogP contribution in [0.5, 0.6) is 0 Å². The number of aromatic nitrogens is 1. The van der Waals surface area contributed by atoms with Crippen molar-refractivity contribution >= 4 is 28.7 Å². The number of halogens is 1. The number of benzene rings is 1. The molecule has 0 aliphatic heterocycles. The number of nitrogens with zero attached hydrogens (tertiary/aromatic N) is 2. The van der Waals surface area contributed by atoms with Gasteiger partial charge >= 0.3 is 0 Å². The van der Waals surface area contributed by atoms with Crippen LogP contribution in [0, 0.1) is 6.92 Å². The largest absolute Gasteiger partial charge is 0.411 e. The molecular formula is C11H9ClN2O. The SMILES string of the molecule is Cc1cccc2cc(C=NO)c(Cl)nc12. The molecule has 76 valence electrons. The smallest absolute Gasteiger partial charge is 0.138 e. The van der Waals surface area contributed by atoms with Gasteiger partial charge in [0.25, 0.3) is 0 Å². The molecule has 0 atom stereocenters. The molecule has 0 saturated heterocycles. The summed E-state index contributed by atoms with van der Waals surface area (Å²) >= 11 is 5.94. The van der Waals surface area contributed by atoms with Crippen molar-refractivity contribution in [1.82, 2.24) is 4.98 Å². The molecule has 2 aromatic rings. The molecule has 1 N–H and O–H groups in total. The normalized spacial score (nSPS) is 11.3. The van der Waals surface area contributed by atoms with Crippen LogP contribution >= 0.6 is 11.6 Å². The lowest BCUT2D eigenvalue weighted by Gasteiger charge is -2.03. The van der Waals surface area contributed by atoms with E-state index < -0.39 is 0 Å². The summed E-state index contributed by atoms with van der Waals surface area (Å²) in [4.78, 5) is 4.26. The molecule has 0 saturated carbocycles. The lowest BCUT2D eigenvalue weighted by Crippen LogP contribution is -1.90. The van der Waals surface area contributed by atoms with Gasteiger partial charge in [-0.3, -0.25) is 0 Å². The predicted molar refractivity (Wildman–Crippen MR) is 60.9 cm³/mol. The van der Waals surface area contributed by atoms with Gasteiger partial charge in [-0.25, -0.2) is 4.98 Å². The van der Waals surface area contributed by atoms with Crippen molar-refractivity contribution in [2.24, 2.45) is 5.16 Å². The number of hydrogen-bond acceptors (Lipinski definition) is 3. The summed E-state index contributed by atoms with van der Waals surface area (Å²) in [5, 5.41) is 12.7. The van der Waals surface area contributed by atoms with Crippen molar-refractivity contribution in [2.75, 3.05) is 0 Å². The monoisotopic (exact) mass is 220 g/mol. The van der Waals surface area contributed by atoms with Crippen LogP contribution in [0.2, 0.25) is 5.15 Å². The fourth-order valence-corrected chi connectivity index (χ4v) is 1.68. The summed E-state index contributed by atoms with van der Waals surface area (Å²) in [7, 11) is 0. The fraction of sp³-hybridized carbons (Fsp3) is 0.0909. The van der Waals surface area contributed by atoms with E-state index in [0.29, 0.717) is 10.7 Å². The average molecular weight is 221 g/mol. The first-order chi connectivity index (χ1) is 7.22. The highest BCUT2D eigenvalue weighted by Crippen LogP contribution is 2.21. The highest BCUT2D eigenvalue weighted by Gasteiger charge is 2.04. The van der Waals surface area contributed by atoms with E-state index in [4.69, 9.17) is 16.8 Å². The average Bonchev–Trinajstić information content (AvgIpc) is 2.21. The number of pyridine rings is 1. The second-order valence-electron chi connectivity index (χ2n) is 3.26. The molecule has 3 nitrogen and oxygen atoms in total. The number of fused-ring (bicyclic) bond motifs is 1. The van der Waals surface area contributed by atoms with Gasteiger partial charge in [0.2, 0.25) is 0 Å². The lowest BCUT2D eigenvalue weighted by molar-refractivity contribution is 0.322. The Balaban J connectivity index is 2.76. The Bertz CT molecular complexity index is 537. The molecule has 0 unspecified atom stereocenters. The molecule has 0 amide bonds. The van der Waals surface area contributed by atoms with Crippen LogP contribution in [0.3, 0.4) is 0 Å². The quantitative estimate of drug-likeness (QED) is 0.348. The van der Waals surface area contributed by atoms with Crippen LogP contribution in [0.1, 0.15) is 11.1 Å². The van der Waals surface area contributed by atoms with E-state index in [1.54, 1.807) is 0 Å². The minimum atomic E-state index is 0.342. The molecule has 0 fully saturated rings. The molecule has 4 heteroatoms. The van der Waals surface area contributed by atoms with Gasteiger partial charge in [-0.05, 0) is 18.6 Å². The summed E-state index contributed by atoms with van der Waals surface area (Å²) < 4.78 is 0. The van der Waals surface area contributed by atoms with Crippen molar-refractivity contribution in [3.05, 3.63) is 40.5 Å². The summed E-state index contributed by atoms with van der Waals surface area (Å²) in [5.41, 5.74) is 2.55. The van der Waals surface area contributed by atoms with E-state index in [1.165, 1.54) is 6.21 Å². The molecule has 0 radical (unpaired) electrons. The minimum Gasteiger partial charge on any atom is -0.411 e. The van der Waals surface area contributed by atoms with E-state index in [1.807, 2.05) is 31.2 Å². The topological polar surface area (TPSA) is 45.5 Å². The van der Waals surface area contributed by atoms with Gasteiger partial charge in [0.15, 0.2) is 0 Å². The van der Waals surface area contributed by atoms with Gasteiger partial charge in [-0.1, -0.05) is 35.0 Å². The molecule has 0 bridgehead atoms. The summed E-state index contributed by atoms with van der Waals surface area (Å²) in [5.74, 6) is 0. The molecule has 15 heavy (non-hydrogen) atoms. The molecule has 2 rings (SSSR count). The Kier molecular flexibility index (Phi) is 2.56. The van der Waals surface area contributed by atoms with Gasteiger partial charge < -0.3 is 5.21 Å². The highest BCUT2D eigenvalue weighted by atomic mass is 35.5. The summed E-state index contributed by atoms with van der Waals surface area (Å²) in [6.45, 7) is 1.98. The van der Waals surface area contributed by atoms with Crippen molar-refractivity contribution in [3.63, 3.8) is 0 Å². The molecule has 1 aromatic heterocycles. The first-order valence-corrected chi connectivity index (χ1v) is 4.83. The maximum Gasteiger partial charge on any atom is 0.138 e. The van der Waals surface area contributed by atoms with E-state index in [2.05, 4.69) is 10.1 Å². The Morgan fingerprint density at radius 3 is 3.00 bits per heavy atom. The fourth-order valence-electron chi connectivity index (χ4n) is 1.49. The first kappa shape index (κ1) is 9.93. The predicted octanol–water partition coefficient (Wildman–Crippen LogP) is 3.00. The minimum absolute atomic E-state index is 0.342. The zero-order valence-corrected chi connectivity index (χ0v) is 8.86. The van der Waals surface area contributed by atoms with Crippen LogP contribution in [0.25, 0.3) is 10.9 Å². The standard InChI is InChI=1S/C11H9ClN2O/c1-7-3-2-4-8-5-9(6-13-15)11(12)14-10(7)8/h2-6,15H,1H3. The second-order valence-corrected chi connectivity index (χ2v) is 3.62. The number of oxime groups is 1. The maximum absolute atomic E-state index is 8.45. The molecule has 1 aromatic carbocycles. The van der Waals surface area contributed by atoms with Crippen LogP contribution in [0.4, 0.5) is 0 Å². The van der Waals surface area contributed by atoms with E-state index in [-0.39, 0.29) is 0 Å². The van der Waals surface area contributed by atoms with Crippen LogP contribution < -0.4 is 0 Å². The van der Waals surface area contributed by atoms with Gasteiger partial charge in [-0.2, -0.15) is 0 Å². The van der Waals surface area contributed by atoms with Crippen molar-refractivity contribution in [3.8, 4) is 0 Å². The third-order valence-electron chi connectivity index (χ3n) is 2.22.